The van der Waals surface area contributed by atoms with Crippen molar-refractivity contribution in [2.24, 2.45) is 11.3 Å². The fourth-order valence-electron chi connectivity index (χ4n) is 5.58. The van der Waals surface area contributed by atoms with Gasteiger partial charge in [-0.1, -0.05) is 25.2 Å². The summed E-state index contributed by atoms with van der Waals surface area (Å²) < 4.78 is 49.9. The number of alkyl halides is 3. The molecule has 34 heavy (non-hydrogen) atoms. The van der Waals surface area contributed by atoms with Crippen molar-refractivity contribution in [3.05, 3.63) is 11.1 Å². The van der Waals surface area contributed by atoms with E-state index in [1.807, 2.05) is 9.80 Å². The molecule has 0 unspecified atom stereocenters. The van der Waals surface area contributed by atoms with Gasteiger partial charge in [-0.15, -0.1) is 0 Å². The van der Waals surface area contributed by atoms with Crippen molar-refractivity contribution in [1.82, 2.24) is 15.2 Å². The average Bonchev–Trinajstić information content (AvgIpc) is 3.48. The summed E-state index contributed by atoms with van der Waals surface area (Å²) >= 11 is 0.663. The lowest BCUT2D eigenvalue weighted by Crippen LogP contribution is -2.55. The SMILES string of the molecule is CO[C@@H]1COCC[C@@H]1N[C@@H]1CC[C@@](C(=O)N2CCN(c3ncc(C(F)(F)F)s3)CC2)(C(C)C)C1. The first-order chi connectivity index (χ1) is 16.1. The fourth-order valence-corrected chi connectivity index (χ4v) is 6.41. The van der Waals surface area contributed by atoms with Gasteiger partial charge in [0.15, 0.2) is 5.13 Å². The van der Waals surface area contributed by atoms with Crippen molar-refractivity contribution in [2.75, 3.05) is 51.4 Å². The molecule has 1 aromatic heterocycles. The smallest absolute Gasteiger partial charge is 0.379 e. The minimum Gasteiger partial charge on any atom is -0.379 e. The molecule has 1 aliphatic carbocycles. The van der Waals surface area contributed by atoms with Crippen LogP contribution in [0.3, 0.4) is 0 Å². The van der Waals surface area contributed by atoms with Crippen LogP contribution in [0.25, 0.3) is 0 Å². The molecule has 0 aromatic carbocycles. The summed E-state index contributed by atoms with van der Waals surface area (Å²) in [6.45, 7) is 7.52. The van der Waals surface area contributed by atoms with Crippen LogP contribution in [-0.2, 0) is 20.4 Å². The Morgan fingerprint density at radius 1 is 1.29 bits per heavy atom. The van der Waals surface area contributed by atoms with E-state index in [4.69, 9.17) is 9.47 Å². The number of thiazole rings is 1. The Balaban J connectivity index is 1.37. The summed E-state index contributed by atoms with van der Waals surface area (Å²) in [4.78, 5) is 20.8. The maximum Gasteiger partial charge on any atom is 0.427 e. The molecular weight excluding hydrogens is 469 g/mol. The molecular formula is C23H35F3N4O3S. The molecule has 0 bridgehead atoms. The highest BCUT2D eigenvalue weighted by molar-refractivity contribution is 7.15. The van der Waals surface area contributed by atoms with Gasteiger partial charge in [0.25, 0.3) is 0 Å². The van der Waals surface area contributed by atoms with Crippen LogP contribution in [0.2, 0.25) is 0 Å². The average molecular weight is 505 g/mol. The van der Waals surface area contributed by atoms with Crippen LogP contribution in [0.1, 0.15) is 44.4 Å². The molecule has 4 atom stereocenters. The largest absolute Gasteiger partial charge is 0.427 e. The summed E-state index contributed by atoms with van der Waals surface area (Å²) in [6.07, 6.45) is 0.00345. The van der Waals surface area contributed by atoms with Crippen LogP contribution in [0.15, 0.2) is 6.20 Å². The van der Waals surface area contributed by atoms with E-state index >= 15 is 0 Å². The number of carbonyl (C=O) groups excluding carboxylic acids is 1. The van der Waals surface area contributed by atoms with Gasteiger partial charge in [-0.2, -0.15) is 13.2 Å². The number of nitrogens with one attached hydrogen (secondary N) is 1. The van der Waals surface area contributed by atoms with Crippen LogP contribution in [0, 0.1) is 11.3 Å². The number of rotatable bonds is 6. The first-order valence-corrected chi connectivity index (χ1v) is 12.9. The molecule has 7 nitrogen and oxygen atoms in total. The number of hydrogen-bond acceptors (Lipinski definition) is 7. The number of ether oxygens (including phenoxy) is 2. The van der Waals surface area contributed by atoms with Crippen molar-refractivity contribution < 1.29 is 27.4 Å². The minimum absolute atomic E-state index is 0.0234. The molecule has 0 spiro atoms. The fraction of sp³-hybridized carbons (Fsp3) is 0.826. The predicted octanol–water partition coefficient (Wildman–Crippen LogP) is 3.40. The number of nitrogens with zero attached hydrogens (tertiary/aromatic N) is 3. The van der Waals surface area contributed by atoms with Gasteiger partial charge >= 0.3 is 6.18 Å². The molecule has 0 radical (unpaired) electrons. The normalized spacial score (nSPS) is 30.9. The number of hydrogen-bond donors (Lipinski definition) is 1. The van der Waals surface area contributed by atoms with E-state index in [2.05, 4.69) is 24.1 Å². The monoisotopic (exact) mass is 504 g/mol. The highest BCUT2D eigenvalue weighted by Crippen LogP contribution is 2.46. The van der Waals surface area contributed by atoms with Crippen molar-refractivity contribution in [3.8, 4) is 0 Å². The Hall–Kier alpha value is -1.43. The zero-order valence-electron chi connectivity index (χ0n) is 20.1. The quantitative estimate of drug-likeness (QED) is 0.641. The van der Waals surface area contributed by atoms with E-state index in [-0.39, 0.29) is 30.0 Å². The van der Waals surface area contributed by atoms with Crippen LogP contribution in [-0.4, -0.2) is 80.5 Å². The third-order valence-corrected chi connectivity index (χ3v) is 8.85. The van der Waals surface area contributed by atoms with E-state index in [0.717, 1.165) is 31.9 Å². The second-order valence-electron chi connectivity index (χ2n) is 9.95. The standard InChI is InChI=1S/C23H35F3N4O3S/c1-15(2)22(6-4-16(12-22)28-17-5-11-33-14-18(17)32-3)20(31)29-7-9-30(10-8-29)21-27-13-19(34-21)23(24,25)26/h13,15-18,28H,4-12,14H2,1-3H3/t16-,17+,18-,22+/m1/s1. The minimum atomic E-state index is -4.38. The molecule has 3 heterocycles. The molecule has 2 aliphatic heterocycles. The molecule has 1 aromatic rings. The lowest BCUT2D eigenvalue weighted by molar-refractivity contribution is -0.145. The lowest BCUT2D eigenvalue weighted by Gasteiger charge is -2.42. The number of aromatic nitrogens is 1. The third-order valence-electron chi connectivity index (χ3n) is 7.75. The predicted molar refractivity (Wildman–Crippen MR) is 124 cm³/mol. The topological polar surface area (TPSA) is 66.9 Å². The van der Waals surface area contributed by atoms with E-state index < -0.39 is 16.5 Å². The Bertz CT molecular complexity index is 844. The van der Waals surface area contributed by atoms with Crippen molar-refractivity contribution in [3.63, 3.8) is 0 Å². The van der Waals surface area contributed by atoms with E-state index in [1.54, 1.807) is 7.11 Å². The highest BCUT2D eigenvalue weighted by Gasteiger charge is 2.50. The Morgan fingerprint density at radius 2 is 2.03 bits per heavy atom. The summed E-state index contributed by atoms with van der Waals surface area (Å²) in [6, 6.07) is 0.481. The second-order valence-corrected chi connectivity index (χ2v) is 11.0. The maximum atomic E-state index is 13.8. The highest BCUT2D eigenvalue weighted by atomic mass is 32.1. The molecule has 1 amide bonds. The van der Waals surface area contributed by atoms with E-state index in [0.29, 0.717) is 55.9 Å². The molecule has 3 fully saturated rings. The van der Waals surface area contributed by atoms with Gasteiger partial charge in [0.05, 0.1) is 24.3 Å². The third kappa shape index (κ3) is 5.22. The van der Waals surface area contributed by atoms with Gasteiger partial charge in [-0.05, 0) is 31.6 Å². The number of amides is 1. The van der Waals surface area contributed by atoms with Crippen molar-refractivity contribution >= 4 is 22.4 Å². The van der Waals surface area contributed by atoms with Crippen molar-refractivity contribution in [1.29, 1.82) is 0 Å². The zero-order chi connectivity index (χ0) is 24.5. The first kappa shape index (κ1) is 25.7. The summed E-state index contributed by atoms with van der Waals surface area (Å²) in [5, 5.41) is 4.11. The Kier molecular flexibility index (Phi) is 7.76. The van der Waals surface area contributed by atoms with E-state index in [1.165, 1.54) is 0 Å². The molecule has 4 rings (SSSR count). The molecule has 3 aliphatic rings. The molecule has 1 saturated carbocycles. The van der Waals surface area contributed by atoms with Gasteiger partial charge in [0.2, 0.25) is 5.91 Å². The molecule has 2 saturated heterocycles. The van der Waals surface area contributed by atoms with Crippen LogP contribution < -0.4 is 10.2 Å². The number of methoxy groups -OCH3 is 1. The van der Waals surface area contributed by atoms with Crippen LogP contribution in [0.5, 0.6) is 0 Å². The van der Waals surface area contributed by atoms with Crippen molar-refractivity contribution in [2.45, 2.75) is 63.9 Å². The van der Waals surface area contributed by atoms with Crippen LogP contribution in [0.4, 0.5) is 18.3 Å². The summed E-state index contributed by atoms with van der Waals surface area (Å²) in [7, 11) is 1.71. The number of piperazine rings is 1. The number of halogens is 3. The van der Waals surface area contributed by atoms with E-state index in [9.17, 15) is 18.0 Å². The van der Waals surface area contributed by atoms with Gasteiger partial charge < -0.3 is 24.6 Å². The van der Waals surface area contributed by atoms with Gasteiger partial charge in [-0.25, -0.2) is 4.98 Å². The van der Waals surface area contributed by atoms with Gasteiger partial charge in [0, 0.05) is 52.0 Å². The lowest BCUT2D eigenvalue weighted by atomic mass is 9.74. The first-order valence-electron chi connectivity index (χ1n) is 12.1. The zero-order valence-corrected chi connectivity index (χ0v) is 20.9. The Morgan fingerprint density at radius 3 is 2.65 bits per heavy atom. The van der Waals surface area contributed by atoms with Gasteiger partial charge in [-0.3, -0.25) is 4.79 Å². The van der Waals surface area contributed by atoms with Gasteiger partial charge in [0.1, 0.15) is 4.88 Å². The summed E-state index contributed by atoms with van der Waals surface area (Å²) in [5.74, 6) is 0.378. The summed E-state index contributed by atoms with van der Waals surface area (Å²) in [5.41, 5.74) is -0.418. The number of carbonyl (C=O) groups is 1. The maximum absolute atomic E-state index is 13.8. The molecule has 1 N–H and O–H groups in total. The number of anilines is 1. The molecule has 11 heteroatoms. The second kappa shape index (κ2) is 10.3. The molecule has 192 valence electrons. The van der Waals surface area contributed by atoms with Crippen LogP contribution >= 0.6 is 11.3 Å². The Labute approximate surface area is 203 Å².